The van der Waals surface area contributed by atoms with Gasteiger partial charge in [0, 0.05) is 0 Å². The summed E-state index contributed by atoms with van der Waals surface area (Å²) in [4.78, 5) is 0. The molecule has 0 radical (unpaired) electrons. The quantitative estimate of drug-likeness (QED) is 0.613. The van der Waals surface area contributed by atoms with Crippen molar-refractivity contribution < 1.29 is 4.43 Å². The van der Waals surface area contributed by atoms with Crippen LogP contribution in [-0.2, 0) is 4.43 Å². The lowest BCUT2D eigenvalue weighted by atomic mass is 9.95. The van der Waals surface area contributed by atoms with Gasteiger partial charge >= 0.3 is 0 Å². The number of hydrogen-bond acceptors (Lipinski definition) is 2. The van der Waals surface area contributed by atoms with Gasteiger partial charge in [-0.3, -0.25) is 0 Å². The molecule has 2 N–H and O–H groups in total. The summed E-state index contributed by atoms with van der Waals surface area (Å²) in [6.07, 6.45) is 6.22. The maximum atomic E-state index is 6.63. The maximum Gasteiger partial charge on any atom is 0.174 e. The van der Waals surface area contributed by atoms with Crippen LogP contribution >= 0.6 is 0 Å². The Kier molecular flexibility index (Phi) is 5.03. The SMILES string of the molecule is CC1(CCCCCN)CC[Si](C)(C)[Si](C)(C)O1. The second-order valence-corrected chi connectivity index (χ2v) is 22.2. The van der Waals surface area contributed by atoms with E-state index >= 15 is 0 Å². The Morgan fingerprint density at radius 1 is 1.12 bits per heavy atom. The van der Waals surface area contributed by atoms with Gasteiger partial charge in [0.2, 0.25) is 0 Å². The molecule has 0 aromatic rings. The summed E-state index contributed by atoms with van der Waals surface area (Å²) in [5, 5.41) is 0. The fraction of sp³-hybridized carbons (Fsp3) is 1.00. The van der Waals surface area contributed by atoms with Crippen molar-refractivity contribution in [1.29, 1.82) is 0 Å². The molecular formula is C13H31NOSi2. The van der Waals surface area contributed by atoms with E-state index in [9.17, 15) is 0 Å². The minimum absolute atomic E-state index is 0.173. The lowest BCUT2D eigenvalue weighted by molar-refractivity contribution is 0.0607. The van der Waals surface area contributed by atoms with Crippen LogP contribution in [0.4, 0.5) is 0 Å². The molecule has 0 saturated carbocycles. The second kappa shape index (κ2) is 5.55. The van der Waals surface area contributed by atoms with Gasteiger partial charge < -0.3 is 10.2 Å². The van der Waals surface area contributed by atoms with Crippen molar-refractivity contribution in [2.24, 2.45) is 5.73 Å². The maximum absolute atomic E-state index is 6.63. The van der Waals surface area contributed by atoms with E-state index in [-0.39, 0.29) is 5.60 Å². The van der Waals surface area contributed by atoms with Gasteiger partial charge in [-0.15, -0.1) is 0 Å². The molecule has 17 heavy (non-hydrogen) atoms. The van der Waals surface area contributed by atoms with Crippen molar-refractivity contribution in [2.45, 2.75) is 76.9 Å². The van der Waals surface area contributed by atoms with Crippen LogP contribution in [0.25, 0.3) is 0 Å². The fourth-order valence-electron chi connectivity index (χ4n) is 2.68. The zero-order chi connectivity index (χ0) is 13.2. The van der Waals surface area contributed by atoms with Gasteiger partial charge in [0.05, 0.1) is 13.2 Å². The zero-order valence-corrected chi connectivity index (χ0v) is 14.4. The van der Waals surface area contributed by atoms with Crippen LogP contribution in [-0.4, -0.2) is 27.6 Å². The highest BCUT2D eigenvalue weighted by Gasteiger charge is 2.50. The Balaban J connectivity index is 2.50. The van der Waals surface area contributed by atoms with Gasteiger partial charge in [-0.1, -0.05) is 32.0 Å². The minimum atomic E-state index is -1.41. The Morgan fingerprint density at radius 2 is 1.76 bits per heavy atom. The van der Waals surface area contributed by atoms with E-state index in [4.69, 9.17) is 10.2 Å². The highest BCUT2D eigenvalue weighted by molar-refractivity contribution is 7.38. The van der Waals surface area contributed by atoms with E-state index in [0.29, 0.717) is 0 Å². The molecule has 1 fully saturated rings. The predicted octanol–water partition coefficient (Wildman–Crippen LogP) is 3.68. The van der Waals surface area contributed by atoms with E-state index in [1.165, 1.54) is 31.7 Å². The standard InChI is InChI=1S/C13H31NOSi2/c1-13(9-7-6-8-11-14)10-12-16(2,3)17(4,5)15-13/h6-12,14H2,1-5H3. The van der Waals surface area contributed by atoms with Crippen LogP contribution in [0.15, 0.2) is 0 Å². The summed E-state index contributed by atoms with van der Waals surface area (Å²) in [7, 11) is -2.47. The smallest absolute Gasteiger partial charge is 0.174 e. The molecule has 0 aromatic carbocycles. The molecule has 1 unspecified atom stereocenters. The van der Waals surface area contributed by atoms with E-state index < -0.39 is 15.4 Å². The summed E-state index contributed by atoms with van der Waals surface area (Å²) in [5.41, 5.74) is 5.71. The average Bonchev–Trinajstić information content (AvgIpc) is 2.20. The zero-order valence-electron chi connectivity index (χ0n) is 12.4. The predicted molar refractivity (Wildman–Crippen MR) is 81.4 cm³/mol. The summed E-state index contributed by atoms with van der Waals surface area (Å²) in [6.45, 7) is 13.1. The van der Waals surface area contributed by atoms with Crippen LogP contribution in [0, 0.1) is 0 Å². The van der Waals surface area contributed by atoms with Crippen molar-refractivity contribution in [2.75, 3.05) is 6.54 Å². The van der Waals surface area contributed by atoms with Crippen LogP contribution in [0.1, 0.15) is 39.0 Å². The Morgan fingerprint density at radius 3 is 2.29 bits per heavy atom. The molecule has 1 heterocycles. The molecule has 0 aromatic heterocycles. The van der Waals surface area contributed by atoms with Crippen molar-refractivity contribution >= 4 is 15.4 Å². The van der Waals surface area contributed by atoms with Crippen molar-refractivity contribution in [3.8, 4) is 0 Å². The molecule has 0 amide bonds. The highest BCUT2D eigenvalue weighted by Crippen LogP contribution is 2.41. The van der Waals surface area contributed by atoms with Gasteiger partial charge in [0.15, 0.2) is 7.83 Å². The first-order chi connectivity index (χ1) is 7.72. The molecule has 1 aliphatic heterocycles. The molecular weight excluding hydrogens is 242 g/mol. The van der Waals surface area contributed by atoms with Gasteiger partial charge in [-0.05, 0) is 45.8 Å². The first-order valence-electron chi connectivity index (χ1n) is 7.13. The van der Waals surface area contributed by atoms with Crippen LogP contribution in [0.5, 0.6) is 0 Å². The summed E-state index contributed by atoms with van der Waals surface area (Å²) < 4.78 is 6.63. The molecule has 0 bridgehead atoms. The lowest BCUT2D eigenvalue weighted by Crippen LogP contribution is -2.64. The molecule has 102 valence electrons. The van der Waals surface area contributed by atoms with E-state index in [2.05, 4.69) is 33.1 Å². The van der Waals surface area contributed by atoms with Gasteiger partial charge in [-0.2, -0.15) is 0 Å². The fourth-order valence-corrected chi connectivity index (χ4v) is 9.90. The number of nitrogens with two attached hydrogens (primary N) is 1. The molecule has 0 spiro atoms. The normalized spacial score (nSPS) is 31.4. The third-order valence-electron chi connectivity index (χ3n) is 4.82. The monoisotopic (exact) mass is 273 g/mol. The Labute approximate surface area is 109 Å². The topological polar surface area (TPSA) is 35.2 Å². The third kappa shape index (κ3) is 3.91. The molecule has 1 atom stereocenters. The largest absolute Gasteiger partial charge is 0.415 e. The lowest BCUT2D eigenvalue weighted by Gasteiger charge is -2.51. The van der Waals surface area contributed by atoms with E-state index in [1.807, 2.05) is 0 Å². The van der Waals surface area contributed by atoms with Crippen LogP contribution in [0.3, 0.4) is 0 Å². The van der Waals surface area contributed by atoms with Gasteiger partial charge in [-0.25, -0.2) is 0 Å². The molecule has 1 rings (SSSR count). The number of hydrogen-bond donors (Lipinski definition) is 1. The number of rotatable bonds is 5. The molecule has 0 aliphatic carbocycles. The summed E-state index contributed by atoms with van der Waals surface area (Å²) in [6, 6.07) is 1.46. The molecule has 1 saturated heterocycles. The Hall–Kier alpha value is 0.354. The van der Waals surface area contributed by atoms with E-state index in [1.54, 1.807) is 0 Å². The van der Waals surface area contributed by atoms with Crippen molar-refractivity contribution in [3.05, 3.63) is 0 Å². The molecule has 4 heteroatoms. The third-order valence-corrected chi connectivity index (χ3v) is 21.4. The first-order valence-corrected chi connectivity index (χ1v) is 14.2. The molecule has 1 aliphatic rings. The number of unbranched alkanes of at least 4 members (excludes halogenated alkanes) is 2. The van der Waals surface area contributed by atoms with Crippen molar-refractivity contribution in [1.82, 2.24) is 0 Å². The second-order valence-electron chi connectivity index (χ2n) is 7.05. The first kappa shape index (κ1) is 15.4. The van der Waals surface area contributed by atoms with Gasteiger partial charge in [0.25, 0.3) is 0 Å². The minimum Gasteiger partial charge on any atom is -0.415 e. The Bertz CT molecular complexity index is 256. The van der Waals surface area contributed by atoms with Gasteiger partial charge in [0.1, 0.15) is 0 Å². The van der Waals surface area contributed by atoms with Crippen LogP contribution in [0.2, 0.25) is 32.2 Å². The highest BCUT2D eigenvalue weighted by atomic mass is 29.3. The van der Waals surface area contributed by atoms with E-state index in [0.717, 1.165) is 13.0 Å². The van der Waals surface area contributed by atoms with Crippen LogP contribution < -0.4 is 5.73 Å². The summed E-state index contributed by atoms with van der Waals surface area (Å²) in [5.74, 6) is 0. The summed E-state index contributed by atoms with van der Waals surface area (Å²) >= 11 is 0. The molecule has 2 nitrogen and oxygen atoms in total. The average molecular weight is 274 g/mol. The van der Waals surface area contributed by atoms with Crippen molar-refractivity contribution in [3.63, 3.8) is 0 Å².